The topological polar surface area (TPSA) is 60.1 Å². The number of carbonyl (C=O) groups is 1. The van der Waals surface area contributed by atoms with E-state index in [9.17, 15) is 4.79 Å². The lowest BCUT2D eigenvalue weighted by atomic mass is 9.85. The number of fused-ring (bicyclic) bond motifs is 1. The first kappa shape index (κ1) is 22.4. The van der Waals surface area contributed by atoms with E-state index in [1.807, 2.05) is 0 Å². The summed E-state index contributed by atoms with van der Waals surface area (Å²) in [7, 11) is 0. The van der Waals surface area contributed by atoms with E-state index in [4.69, 9.17) is 5.73 Å². The zero-order valence-electron chi connectivity index (χ0n) is 19.5. The highest BCUT2D eigenvalue weighted by atomic mass is 16.1. The molecule has 2 aromatic rings. The Balaban J connectivity index is 1.52. The molecule has 1 aromatic carbocycles. The van der Waals surface area contributed by atoms with Crippen LogP contribution in [0, 0.1) is 11.8 Å². The van der Waals surface area contributed by atoms with Crippen LogP contribution in [0.5, 0.6) is 0 Å². The minimum Gasteiger partial charge on any atom is -0.353 e. The van der Waals surface area contributed by atoms with Gasteiger partial charge in [-0.15, -0.1) is 0 Å². The fourth-order valence-corrected chi connectivity index (χ4v) is 5.82. The van der Waals surface area contributed by atoms with E-state index < -0.39 is 0 Å². The summed E-state index contributed by atoms with van der Waals surface area (Å²) in [5.41, 5.74) is 8.71. The molecule has 31 heavy (non-hydrogen) atoms. The van der Waals surface area contributed by atoms with Gasteiger partial charge >= 0.3 is 0 Å². The van der Waals surface area contributed by atoms with Gasteiger partial charge in [-0.1, -0.05) is 51.3 Å². The van der Waals surface area contributed by atoms with Gasteiger partial charge in [-0.25, -0.2) is 0 Å². The number of para-hydroxylation sites is 1. The molecular weight excluding hydrogens is 382 g/mol. The minimum absolute atomic E-state index is 0.197. The molecule has 0 radical (unpaired) electrons. The van der Waals surface area contributed by atoms with Gasteiger partial charge in [0.05, 0.1) is 0 Å². The molecule has 0 bridgehead atoms. The Bertz CT molecular complexity index is 856. The Labute approximate surface area is 188 Å². The average Bonchev–Trinajstić information content (AvgIpc) is 3.12. The van der Waals surface area contributed by atoms with Crippen LogP contribution in [0.2, 0.25) is 0 Å². The number of benzene rings is 1. The molecular formula is C27H41N3O. The summed E-state index contributed by atoms with van der Waals surface area (Å²) in [6.07, 6.45) is 13.8. The van der Waals surface area contributed by atoms with Crippen molar-refractivity contribution in [1.29, 1.82) is 0 Å². The van der Waals surface area contributed by atoms with Gasteiger partial charge in [0.1, 0.15) is 0 Å². The Kier molecular flexibility index (Phi) is 7.37. The molecule has 0 aliphatic heterocycles. The van der Waals surface area contributed by atoms with Gasteiger partial charge in [-0.05, 0) is 67.9 Å². The first-order valence-electron chi connectivity index (χ1n) is 12.6. The van der Waals surface area contributed by atoms with Gasteiger partial charge in [0.15, 0.2) is 0 Å². The van der Waals surface area contributed by atoms with Crippen LogP contribution < -0.4 is 11.1 Å². The van der Waals surface area contributed by atoms with E-state index in [-0.39, 0.29) is 11.8 Å². The zero-order valence-corrected chi connectivity index (χ0v) is 19.5. The normalized spacial score (nSPS) is 23.9. The molecule has 0 saturated heterocycles. The predicted molar refractivity (Wildman–Crippen MR) is 129 cm³/mol. The van der Waals surface area contributed by atoms with Crippen LogP contribution >= 0.6 is 0 Å². The summed E-state index contributed by atoms with van der Waals surface area (Å²) >= 11 is 0. The molecule has 2 fully saturated rings. The maximum atomic E-state index is 13.0. The Hall–Kier alpha value is -1.81. The maximum Gasteiger partial charge on any atom is 0.220 e. The molecule has 3 N–H and O–H groups in total. The predicted octanol–water partition coefficient (Wildman–Crippen LogP) is 5.74. The lowest BCUT2D eigenvalue weighted by Crippen LogP contribution is -2.41. The molecule has 4 heteroatoms. The van der Waals surface area contributed by atoms with Crippen LogP contribution in [0.4, 0.5) is 0 Å². The second-order valence-corrected chi connectivity index (χ2v) is 10.5. The molecule has 2 aliphatic carbocycles. The number of nitrogens with one attached hydrogen (secondary N) is 1. The zero-order chi connectivity index (χ0) is 21.8. The average molecular weight is 424 g/mol. The number of aromatic nitrogens is 1. The van der Waals surface area contributed by atoms with E-state index >= 15 is 0 Å². The molecule has 2 saturated carbocycles. The minimum atomic E-state index is 0.197. The maximum absolute atomic E-state index is 13.0. The van der Waals surface area contributed by atoms with Crippen LogP contribution in [0.15, 0.2) is 30.5 Å². The third-order valence-electron chi connectivity index (χ3n) is 7.75. The third-order valence-corrected chi connectivity index (χ3v) is 7.75. The van der Waals surface area contributed by atoms with Crippen molar-refractivity contribution in [2.45, 2.75) is 103 Å². The standard InChI is InChI=1S/C27H41N3O/c1-19(2)24(16-27(31)29-22-14-12-21(28)13-15-22)25-18-30(17-20-8-4-3-5-9-20)26-11-7-6-10-23(25)26/h6-7,10-11,18-22,24H,3-5,8-9,12-17,28H2,1-2H3,(H,29,31)/t21-,22-,24?. The number of nitrogens with two attached hydrogens (primary N) is 1. The Morgan fingerprint density at radius 3 is 2.48 bits per heavy atom. The highest BCUT2D eigenvalue weighted by Gasteiger charge is 2.26. The fourth-order valence-electron chi connectivity index (χ4n) is 5.82. The number of rotatable bonds is 7. The van der Waals surface area contributed by atoms with Crippen molar-refractivity contribution in [1.82, 2.24) is 9.88 Å². The van der Waals surface area contributed by atoms with Crippen LogP contribution in [0.3, 0.4) is 0 Å². The van der Waals surface area contributed by atoms with Gasteiger partial charge in [-0.3, -0.25) is 4.79 Å². The summed E-state index contributed by atoms with van der Waals surface area (Å²) < 4.78 is 2.48. The van der Waals surface area contributed by atoms with E-state index in [0.717, 1.165) is 38.1 Å². The van der Waals surface area contributed by atoms with Gasteiger partial charge in [0.25, 0.3) is 0 Å². The number of amides is 1. The van der Waals surface area contributed by atoms with Crippen molar-refractivity contribution in [2.24, 2.45) is 17.6 Å². The molecule has 4 nitrogen and oxygen atoms in total. The second kappa shape index (κ2) is 10.2. The summed E-state index contributed by atoms with van der Waals surface area (Å²) in [6.45, 7) is 5.62. The second-order valence-electron chi connectivity index (χ2n) is 10.5. The highest BCUT2D eigenvalue weighted by molar-refractivity contribution is 5.86. The van der Waals surface area contributed by atoms with Gasteiger partial charge in [-0.2, -0.15) is 0 Å². The lowest BCUT2D eigenvalue weighted by Gasteiger charge is -2.28. The Morgan fingerprint density at radius 2 is 1.77 bits per heavy atom. The van der Waals surface area contributed by atoms with Crippen LogP contribution in [-0.2, 0) is 11.3 Å². The van der Waals surface area contributed by atoms with Crippen molar-refractivity contribution in [3.8, 4) is 0 Å². The molecule has 1 amide bonds. The lowest BCUT2D eigenvalue weighted by molar-refractivity contribution is -0.122. The van der Waals surface area contributed by atoms with Crippen molar-refractivity contribution >= 4 is 16.8 Å². The van der Waals surface area contributed by atoms with Gasteiger partial charge in [0, 0.05) is 42.1 Å². The monoisotopic (exact) mass is 423 g/mol. The van der Waals surface area contributed by atoms with Crippen molar-refractivity contribution in [3.05, 3.63) is 36.0 Å². The van der Waals surface area contributed by atoms with Crippen LogP contribution in [0.25, 0.3) is 10.9 Å². The molecule has 4 rings (SSSR count). The smallest absolute Gasteiger partial charge is 0.220 e. The van der Waals surface area contributed by atoms with Crippen LogP contribution in [0.1, 0.15) is 89.5 Å². The molecule has 2 aliphatic rings. The molecule has 1 aromatic heterocycles. The summed E-state index contributed by atoms with van der Waals surface area (Å²) in [4.78, 5) is 13.0. The summed E-state index contributed by atoms with van der Waals surface area (Å²) in [5, 5.41) is 4.64. The first-order chi connectivity index (χ1) is 15.0. The quantitative estimate of drug-likeness (QED) is 0.597. The van der Waals surface area contributed by atoms with Crippen molar-refractivity contribution in [3.63, 3.8) is 0 Å². The number of hydrogen-bond acceptors (Lipinski definition) is 2. The SMILES string of the molecule is CC(C)C(CC(=O)N[C@H]1CC[C@H](N)CC1)c1cn(CC2CCCCC2)c2ccccc12. The highest BCUT2D eigenvalue weighted by Crippen LogP contribution is 2.36. The first-order valence-corrected chi connectivity index (χ1v) is 12.6. The third kappa shape index (κ3) is 5.52. The van der Waals surface area contributed by atoms with Crippen molar-refractivity contribution < 1.29 is 4.79 Å². The van der Waals surface area contributed by atoms with E-state index in [0.29, 0.717) is 24.4 Å². The largest absolute Gasteiger partial charge is 0.353 e. The van der Waals surface area contributed by atoms with Gasteiger partial charge < -0.3 is 15.6 Å². The van der Waals surface area contributed by atoms with E-state index in [1.54, 1.807) is 0 Å². The van der Waals surface area contributed by atoms with Gasteiger partial charge in [0.2, 0.25) is 5.91 Å². The molecule has 1 unspecified atom stereocenters. The molecule has 1 atom stereocenters. The number of hydrogen-bond donors (Lipinski definition) is 2. The molecule has 0 spiro atoms. The molecule has 170 valence electrons. The summed E-state index contributed by atoms with van der Waals surface area (Å²) in [5.74, 6) is 1.64. The summed E-state index contributed by atoms with van der Waals surface area (Å²) in [6, 6.07) is 9.40. The number of carbonyl (C=O) groups excluding carboxylic acids is 1. The van der Waals surface area contributed by atoms with Crippen molar-refractivity contribution in [2.75, 3.05) is 0 Å². The van der Waals surface area contributed by atoms with E-state index in [1.165, 1.54) is 48.6 Å². The number of nitrogens with zero attached hydrogens (tertiary/aromatic N) is 1. The van der Waals surface area contributed by atoms with E-state index in [2.05, 4.69) is 54.2 Å². The molecule has 1 heterocycles. The van der Waals surface area contributed by atoms with Crippen LogP contribution in [-0.4, -0.2) is 22.6 Å². The Morgan fingerprint density at radius 1 is 1.06 bits per heavy atom. The fraction of sp³-hybridized carbons (Fsp3) is 0.667.